The molecule has 0 aliphatic heterocycles. The predicted octanol–water partition coefficient (Wildman–Crippen LogP) is 2.83. The van der Waals surface area contributed by atoms with Crippen molar-refractivity contribution in [3.63, 3.8) is 0 Å². The third-order valence-electron chi connectivity index (χ3n) is 3.70. The van der Waals surface area contributed by atoms with Crippen LogP contribution in [0.4, 0.5) is 0 Å². The third kappa shape index (κ3) is 10.3. The van der Waals surface area contributed by atoms with Gasteiger partial charge in [-0.15, -0.1) is 24.0 Å². The van der Waals surface area contributed by atoms with Crippen LogP contribution in [0, 0.1) is 0 Å². The fourth-order valence-electron chi connectivity index (χ4n) is 2.27. The average molecular weight is 481 g/mol. The summed E-state index contributed by atoms with van der Waals surface area (Å²) in [6, 6.07) is 1.97. The molecule has 1 unspecified atom stereocenters. The number of halogens is 1. The molecule has 8 heteroatoms. The van der Waals surface area contributed by atoms with Gasteiger partial charge in [0.25, 0.3) is 0 Å². The van der Waals surface area contributed by atoms with Crippen molar-refractivity contribution in [2.24, 2.45) is 4.99 Å². The molecule has 0 fully saturated rings. The van der Waals surface area contributed by atoms with E-state index in [0.717, 1.165) is 43.5 Å². The first kappa shape index (κ1) is 25.1. The lowest BCUT2D eigenvalue weighted by molar-refractivity contribution is 0.0548. The van der Waals surface area contributed by atoms with Gasteiger partial charge in [0.05, 0.1) is 11.8 Å². The number of aliphatic imine (C=N–C) groups is 1. The minimum atomic E-state index is 0. The average Bonchev–Trinajstić information content (AvgIpc) is 3.04. The van der Waals surface area contributed by atoms with Gasteiger partial charge in [-0.05, 0) is 40.3 Å². The summed E-state index contributed by atoms with van der Waals surface area (Å²) >= 11 is 0. The van der Waals surface area contributed by atoms with Crippen LogP contribution in [0.3, 0.4) is 0 Å². The van der Waals surface area contributed by atoms with Gasteiger partial charge in [-0.3, -0.25) is 0 Å². The molecule has 0 aromatic carbocycles. The van der Waals surface area contributed by atoms with Crippen LogP contribution in [0.1, 0.15) is 51.5 Å². The number of aromatic nitrogens is 1. The van der Waals surface area contributed by atoms with E-state index in [4.69, 9.17) is 9.26 Å². The van der Waals surface area contributed by atoms with Gasteiger partial charge in [0, 0.05) is 32.3 Å². The SMILES string of the molecule is CCNC(=NCc1cc(C(C)C)no1)NCC(CCN(C)C)OCC.I. The van der Waals surface area contributed by atoms with Crippen LogP contribution < -0.4 is 10.6 Å². The van der Waals surface area contributed by atoms with Crippen LogP contribution in [0.2, 0.25) is 0 Å². The molecule has 0 spiro atoms. The number of ether oxygens (including phenoxy) is 1. The molecule has 0 radical (unpaired) electrons. The van der Waals surface area contributed by atoms with Crippen molar-refractivity contribution in [3.8, 4) is 0 Å². The summed E-state index contributed by atoms with van der Waals surface area (Å²) in [5.41, 5.74) is 0.961. The molecular weight excluding hydrogens is 445 g/mol. The highest BCUT2D eigenvalue weighted by Crippen LogP contribution is 2.14. The van der Waals surface area contributed by atoms with E-state index in [1.807, 2.05) is 13.0 Å². The quantitative estimate of drug-likeness (QED) is 0.288. The molecule has 0 saturated carbocycles. The lowest BCUT2D eigenvalue weighted by atomic mass is 10.1. The van der Waals surface area contributed by atoms with Crippen LogP contribution in [-0.4, -0.2) is 62.5 Å². The Balaban J connectivity index is 0.00000625. The number of guanidine groups is 1. The Morgan fingerprint density at radius 3 is 2.58 bits per heavy atom. The summed E-state index contributed by atoms with van der Waals surface area (Å²) in [4.78, 5) is 6.75. The number of hydrogen-bond donors (Lipinski definition) is 2. The number of hydrogen-bond acceptors (Lipinski definition) is 5. The summed E-state index contributed by atoms with van der Waals surface area (Å²) < 4.78 is 11.2. The highest BCUT2D eigenvalue weighted by molar-refractivity contribution is 14.0. The lowest BCUT2D eigenvalue weighted by Crippen LogP contribution is -2.42. The first-order valence-electron chi connectivity index (χ1n) is 9.20. The van der Waals surface area contributed by atoms with Crippen molar-refractivity contribution in [1.82, 2.24) is 20.7 Å². The van der Waals surface area contributed by atoms with E-state index in [1.165, 1.54) is 0 Å². The highest BCUT2D eigenvalue weighted by atomic mass is 127. The van der Waals surface area contributed by atoms with E-state index in [2.05, 4.69) is 60.5 Å². The molecule has 0 saturated heterocycles. The van der Waals surface area contributed by atoms with Crippen LogP contribution >= 0.6 is 24.0 Å². The Morgan fingerprint density at radius 2 is 2.04 bits per heavy atom. The van der Waals surface area contributed by atoms with E-state index in [-0.39, 0.29) is 30.1 Å². The minimum absolute atomic E-state index is 0. The fraction of sp³-hybridized carbons (Fsp3) is 0.778. The van der Waals surface area contributed by atoms with E-state index >= 15 is 0 Å². The molecule has 152 valence electrons. The van der Waals surface area contributed by atoms with Gasteiger partial charge in [-0.25, -0.2) is 4.99 Å². The number of rotatable bonds is 11. The van der Waals surface area contributed by atoms with Crippen LogP contribution in [0.15, 0.2) is 15.6 Å². The maximum Gasteiger partial charge on any atom is 0.191 e. The molecule has 0 aliphatic carbocycles. The largest absolute Gasteiger partial charge is 0.377 e. The molecule has 0 amide bonds. The van der Waals surface area contributed by atoms with Crippen LogP contribution in [0.5, 0.6) is 0 Å². The zero-order valence-corrected chi connectivity index (χ0v) is 19.4. The highest BCUT2D eigenvalue weighted by Gasteiger charge is 2.11. The Labute approximate surface area is 175 Å². The van der Waals surface area contributed by atoms with Crippen molar-refractivity contribution in [2.75, 3.05) is 40.3 Å². The molecule has 1 atom stereocenters. The molecule has 1 aromatic heterocycles. The maximum absolute atomic E-state index is 5.81. The van der Waals surface area contributed by atoms with E-state index in [1.54, 1.807) is 0 Å². The Hall–Kier alpha value is -0.870. The molecule has 26 heavy (non-hydrogen) atoms. The predicted molar refractivity (Wildman–Crippen MR) is 117 cm³/mol. The molecule has 1 rings (SSSR count). The number of nitrogens with one attached hydrogen (secondary N) is 2. The second-order valence-electron chi connectivity index (χ2n) is 6.62. The zero-order chi connectivity index (χ0) is 18.7. The van der Waals surface area contributed by atoms with Crippen molar-refractivity contribution >= 4 is 29.9 Å². The molecule has 7 nitrogen and oxygen atoms in total. The second-order valence-corrected chi connectivity index (χ2v) is 6.62. The monoisotopic (exact) mass is 481 g/mol. The van der Waals surface area contributed by atoms with Crippen molar-refractivity contribution in [3.05, 3.63) is 17.5 Å². The van der Waals surface area contributed by atoms with Gasteiger partial charge < -0.3 is 24.8 Å². The lowest BCUT2D eigenvalue weighted by Gasteiger charge is -2.21. The minimum Gasteiger partial charge on any atom is -0.377 e. The van der Waals surface area contributed by atoms with E-state index < -0.39 is 0 Å². The first-order chi connectivity index (χ1) is 12.0. The second kappa shape index (κ2) is 14.2. The van der Waals surface area contributed by atoms with E-state index in [9.17, 15) is 0 Å². The summed E-state index contributed by atoms with van der Waals surface area (Å²) in [6.07, 6.45) is 1.14. The van der Waals surface area contributed by atoms with Gasteiger partial charge in [-0.2, -0.15) is 0 Å². The van der Waals surface area contributed by atoms with Crippen molar-refractivity contribution in [2.45, 2.75) is 52.7 Å². The molecule has 1 heterocycles. The van der Waals surface area contributed by atoms with Crippen LogP contribution in [0.25, 0.3) is 0 Å². The Bertz CT molecular complexity index is 506. The third-order valence-corrected chi connectivity index (χ3v) is 3.70. The topological polar surface area (TPSA) is 74.9 Å². The molecule has 0 aliphatic rings. The Morgan fingerprint density at radius 1 is 1.31 bits per heavy atom. The molecular formula is C18H36IN5O2. The standard InChI is InChI=1S/C18H35N5O2.HI/c1-7-19-18(20-12-15(24-8-2)9-10-23(5)6)21-13-16-11-17(14(3)4)22-25-16;/h11,14-15H,7-10,12-13H2,1-6H3,(H2,19,20,21);1H. The molecule has 0 bridgehead atoms. The molecule has 2 N–H and O–H groups in total. The first-order valence-corrected chi connectivity index (χ1v) is 9.20. The van der Waals surface area contributed by atoms with Gasteiger partial charge in [0.2, 0.25) is 0 Å². The van der Waals surface area contributed by atoms with Gasteiger partial charge in [0.1, 0.15) is 6.54 Å². The fourth-order valence-corrected chi connectivity index (χ4v) is 2.27. The van der Waals surface area contributed by atoms with Gasteiger partial charge >= 0.3 is 0 Å². The van der Waals surface area contributed by atoms with Gasteiger partial charge in [0.15, 0.2) is 11.7 Å². The van der Waals surface area contributed by atoms with Gasteiger partial charge in [-0.1, -0.05) is 19.0 Å². The van der Waals surface area contributed by atoms with Crippen molar-refractivity contribution < 1.29 is 9.26 Å². The maximum atomic E-state index is 5.81. The van der Waals surface area contributed by atoms with E-state index in [0.29, 0.717) is 19.1 Å². The van der Waals surface area contributed by atoms with Crippen molar-refractivity contribution in [1.29, 1.82) is 0 Å². The summed E-state index contributed by atoms with van der Waals surface area (Å²) in [5.74, 6) is 1.89. The summed E-state index contributed by atoms with van der Waals surface area (Å²) in [6.45, 7) is 12.0. The normalized spacial score (nSPS) is 13.0. The smallest absolute Gasteiger partial charge is 0.191 e. The summed E-state index contributed by atoms with van der Waals surface area (Å²) in [7, 11) is 4.15. The Kier molecular flexibility index (Phi) is 13.7. The van der Waals surface area contributed by atoms with Crippen LogP contribution in [-0.2, 0) is 11.3 Å². The number of nitrogens with zero attached hydrogens (tertiary/aromatic N) is 3. The molecule has 1 aromatic rings. The zero-order valence-electron chi connectivity index (χ0n) is 17.0. The summed E-state index contributed by atoms with van der Waals surface area (Å²) in [5, 5.41) is 10.7.